The first-order valence-corrected chi connectivity index (χ1v) is 7.51. The van der Waals surface area contributed by atoms with Crippen LogP contribution in [-0.4, -0.2) is 34.6 Å². The lowest BCUT2D eigenvalue weighted by atomic mass is 9.77. The molecule has 1 rings (SSSR count). The Hall–Kier alpha value is -0.0800. The Morgan fingerprint density at radius 3 is 1.94 bits per heavy atom. The summed E-state index contributed by atoms with van der Waals surface area (Å²) >= 11 is 0. The monoisotopic (exact) mass is 254 g/mol. The highest BCUT2D eigenvalue weighted by Crippen LogP contribution is 2.34. The minimum absolute atomic E-state index is 0.239. The number of rotatable bonds is 4. The molecule has 0 saturated carbocycles. The Balaban J connectivity index is 2.82. The van der Waals surface area contributed by atoms with Crippen molar-refractivity contribution in [2.75, 3.05) is 7.05 Å². The number of hydrogen-bond acceptors (Lipinski definition) is 2. The van der Waals surface area contributed by atoms with E-state index in [4.69, 9.17) is 0 Å². The molecule has 0 aromatic rings. The van der Waals surface area contributed by atoms with E-state index in [9.17, 15) is 0 Å². The van der Waals surface area contributed by atoms with Gasteiger partial charge in [0.2, 0.25) is 0 Å². The van der Waals surface area contributed by atoms with E-state index in [1.165, 1.54) is 25.7 Å². The van der Waals surface area contributed by atoms with Crippen LogP contribution in [0.4, 0.5) is 0 Å². The van der Waals surface area contributed by atoms with Gasteiger partial charge in [-0.3, -0.25) is 4.90 Å². The zero-order valence-electron chi connectivity index (χ0n) is 13.9. The van der Waals surface area contributed by atoms with Gasteiger partial charge in [-0.2, -0.15) is 0 Å². The van der Waals surface area contributed by atoms with Gasteiger partial charge in [-0.15, -0.1) is 0 Å². The van der Waals surface area contributed by atoms with Gasteiger partial charge >= 0.3 is 0 Å². The first-order valence-electron chi connectivity index (χ1n) is 7.51. The van der Waals surface area contributed by atoms with Crippen LogP contribution < -0.4 is 5.32 Å². The largest absolute Gasteiger partial charge is 0.307 e. The topological polar surface area (TPSA) is 15.3 Å². The molecule has 0 unspecified atom stereocenters. The maximum atomic E-state index is 3.77. The molecule has 0 spiro atoms. The molecule has 2 heteroatoms. The molecule has 0 aromatic heterocycles. The Bertz CT molecular complexity index is 263. The molecule has 1 fully saturated rings. The van der Waals surface area contributed by atoms with Crippen molar-refractivity contribution in [3.8, 4) is 0 Å². The van der Waals surface area contributed by atoms with Crippen molar-refractivity contribution in [1.29, 1.82) is 0 Å². The van der Waals surface area contributed by atoms with Crippen molar-refractivity contribution in [1.82, 2.24) is 10.2 Å². The van der Waals surface area contributed by atoms with Crippen LogP contribution in [0.3, 0.4) is 0 Å². The molecule has 1 N–H and O–H groups in total. The third-order valence-corrected chi connectivity index (χ3v) is 4.53. The predicted octanol–water partition coefficient (Wildman–Crippen LogP) is 3.81. The minimum Gasteiger partial charge on any atom is -0.307 e. The van der Waals surface area contributed by atoms with Gasteiger partial charge in [0.1, 0.15) is 0 Å². The van der Waals surface area contributed by atoms with Gasteiger partial charge in [0.05, 0.1) is 0 Å². The van der Waals surface area contributed by atoms with E-state index in [0.717, 1.165) is 0 Å². The van der Waals surface area contributed by atoms with Crippen LogP contribution in [0.1, 0.15) is 74.1 Å². The van der Waals surface area contributed by atoms with E-state index >= 15 is 0 Å². The lowest BCUT2D eigenvalue weighted by molar-refractivity contribution is 0.0208. The Kier molecular flexibility index (Phi) is 4.55. The molecule has 1 aliphatic heterocycles. The van der Waals surface area contributed by atoms with Crippen molar-refractivity contribution >= 4 is 0 Å². The summed E-state index contributed by atoms with van der Waals surface area (Å²) in [5.74, 6) is 0. The molecule has 1 heterocycles. The van der Waals surface area contributed by atoms with Crippen molar-refractivity contribution in [3.63, 3.8) is 0 Å². The summed E-state index contributed by atoms with van der Waals surface area (Å²) in [4.78, 5) is 2.63. The maximum Gasteiger partial charge on any atom is 0.0153 e. The Morgan fingerprint density at radius 1 is 1.11 bits per heavy atom. The first-order chi connectivity index (χ1) is 7.99. The van der Waals surface area contributed by atoms with E-state index in [2.05, 4.69) is 65.7 Å². The fourth-order valence-corrected chi connectivity index (χ4v) is 3.82. The van der Waals surface area contributed by atoms with Crippen LogP contribution in [-0.2, 0) is 0 Å². The van der Waals surface area contributed by atoms with Gasteiger partial charge in [0, 0.05) is 22.7 Å². The summed E-state index contributed by atoms with van der Waals surface area (Å²) in [7, 11) is 2.32. The molecule has 0 aromatic carbocycles. The molecule has 0 bridgehead atoms. The quantitative estimate of drug-likeness (QED) is 0.821. The Morgan fingerprint density at radius 2 is 1.56 bits per heavy atom. The average molecular weight is 254 g/mol. The van der Waals surface area contributed by atoms with Crippen LogP contribution in [0.2, 0.25) is 0 Å². The number of nitrogens with one attached hydrogen (secondary N) is 1. The van der Waals surface area contributed by atoms with E-state index in [0.29, 0.717) is 11.6 Å². The van der Waals surface area contributed by atoms with E-state index in [1.54, 1.807) is 0 Å². The summed E-state index contributed by atoms with van der Waals surface area (Å²) < 4.78 is 0. The van der Waals surface area contributed by atoms with Crippen LogP contribution in [0.25, 0.3) is 0 Å². The lowest BCUT2D eigenvalue weighted by Gasteiger charge is -2.52. The van der Waals surface area contributed by atoms with Crippen LogP contribution >= 0.6 is 0 Å². The fraction of sp³-hybridized carbons (Fsp3) is 1.00. The van der Waals surface area contributed by atoms with Gasteiger partial charge in [-0.05, 0) is 67.9 Å². The molecule has 0 radical (unpaired) electrons. The highest BCUT2D eigenvalue weighted by molar-refractivity contribution is 5.01. The smallest absolute Gasteiger partial charge is 0.0153 e. The minimum atomic E-state index is 0.239. The number of piperidine rings is 1. The molecule has 1 aliphatic rings. The van der Waals surface area contributed by atoms with Crippen LogP contribution in [0.5, 0.6) is 0 Å². The van der Waals surface area contributed by atoms with Gasteiger partial charge in [0.25, 0.3) is 0 Å². The first kappa shape index (κ1) is 16.0. The lowest BCUT2D eigenvalue weighted by Crippen LogP contribution is -2.63. The molecular formula is C16H34N2. The number of hydrogen-bond donors (Lipinski definition) is 1. The van der Waals surface area contributed by atoms with Gasteiger partial charge < -0.3 is 5.32 Å². The third-order valence-electron chi connectivity index (χ3n) is 4.53. The highest BCUT2D eigenvalue weighted by atomic mass is 15.2. The van der Waals surface area contributed by atoms with Crippen LogP contribution in [0.15, 0.2) is 0 Å². The molecule has 108 valence electrons. The SMILES string of the molecule is CCCC(C)(C)N(C)C1CC(C)(C)NC(C)(C)C1. The molecule has 0 atom stereocenters. The van der Waals surface area contributed by atoms with Crippen molar-refractivity contribution < 1.29 is 0 Å². The van der Waals surface area contributed by atoms with Gasteiger partial charge in [-0.1, -0.05) is 13.3 Å². The molecule has 18 heavy (non-hydrogen) atoms. The summed E-state index contributed by atoms with van der Waals surface area (Å²) in [5.41, 5.74) is 0.787. The summed E-state index contributed by atoms with van der Waals surface area (Å²) in [6.07, 6.45) is 5.00. The molecule has 1 saturated heterocycles. The van der Waals surface area contributed by atoms with Crippen molar-refractivity contribution in [3.05, 3.63) is 0 Å². The van der Waals surface area contributed by atoms with Crippen molar-refractivity contribution in [2.45, 2.75) is 96.8 Å². The molecule has 0 aliphatic carbocycles. The van der Waals surface area contributed by atoms with E-state index in [-0.39, 0.29) is 11.1 Å². The Labute approximate surface area is 115 Å². The third kappa shape index (κ3) is 3.96. The molecular weight excluding hydrogens is 220 g/mol. The highest BCUT2D eigenvalue weighted by Gasteiger charge is 2.41. The second-order valence-electron chi connectivity index (χ2n) is 8.13. The zero-order valence-corrected chi connectivity index (χ0v) is 13.9. The fourth-order valence-electron chi connectivity index (χ4n) is 3.82. The van der Waals surface area contributed by atoms with E-state index in [1.807, 2.05) is 0 Å². The predicted molar refractivity (Wildman–Crippen MR) is 81.1 cm³/mol. The second-order valence-corrected chi connectivity index (χ2v) is 8.13. The van der Waals surface area contributed by atoms with E-state index < -0.39 is 0 Å². The van der Waals surface area contributed by atoms with Gasteiger partial charge in [0.15, 0.2) is 0 Å². The summed E-state index contributed by atoms with van der Waals surface area (Å²) in [5, 5.41) is 3.77. The number of nitrogens with zero attached hydrogens (tertiary/aromatic N) is 1. The summed E-state index contributed by atoms with van der Waals surface area (Å²) in [6.45, 7) is 16.4. The molecule has 2 nitrogen and oxygen atoms in total. The zero-order chi connectivity index (χ0) is 14.2. The molecule has 0 amide bonds. The standard InChI is InChI=1S/C16H34N2/c1-9-10-16(6,7)18(8)13-11-14(2,3)17-15(4,5)12-13/h13,17H,9-12H2,1-8H3. The second kappa shape index (κ2) is 5.13. The van der Waals surface area contributed by atoms with Crippen LogP contribution in [0, 0.1) is 0 Å². The van der Waals surface area contributed by atoms with Gasteiger partial charge in [-0.25, -0.2) is 0 Å². The normalized spacial score (nSPS) is 24.5. The maximum absolute atomic E-state index is 3.77. The van der Waals surface area contributed by atoms with Crippen molar-refractivity contribution in [2.24, 2.45) is 0 Å². The average Bonchev–Trinajstić information content (AvgIpc) is 2.11. The summed E-state index contributed by atoms with van der Waals surface area (Å²) in [6, 6.07) is 0.679.